The van der Waals surface area contributed by atoms with Gasteiger partial charge in [0.15, 0.2) is 0 Å². The van der Waals surface area contributed by atoms with Crippen molar-refractivity contribution >= 4 is 5.97 Å². The van der Waals surface area contributed by atoms with E-state index in [0.717, 1.165) is 29.7 Å². The van der Waals surface area contributed by atoms with Gasteiger partial charge in [-0.2, -0.15) is 0 Å². The molecule has 1 fully saturated rings. The first-order valence-electron chi connectivity index (χ1n) is 9.32. The Morgan fingerprint density at radius 3 is 2.31 bits per heavy atom. The van der Waals surface area contributed by atoms with Crippen molar-refractivity contribution in [1.82, 2.24) is 5.32 Å². The van der Waals surface area contributed by atoms with Gasteiger partial charge >= 0.3 is 5.97 Å². The molecular formula is C23H25NO2. The number of benzene rings is 2. The van der Waals surface area contributed by atoms with E-state index in [0.29, 0.717) is 12.0 Å². The average Bonchev–Trinajstić information content (AvgIpc) is 3.46. The number of rotatable bonds is 6. The Bertz CT molecular complexity index is 852. The zero-order chi connectivity index (χ0) is 18.6. The second-order valence-electron chi connectivity index (χ2n) is 6.87. The van der Waals surface area contributed by atoms with Crippen molar-refractivity contribution in [3.63, 3.8) is 0 Å². The third-order valence-corrected chi connectivity index (χ3v) is 4.97. The molecule has 0 amide bonds. The Morgan fingerprint density at radius 1 is 1.08 bits per heavy atom. The van der Waals surface area contributed by atoms with Crippen LogP contribution in [0, 0.1) is 11.8 Å². The number of nitrogens with one attached hydrogen (secondary N) is 1. The summed E-state index contributed by atoms with van der Waals surface area (Å²) in [6, 6.07) is 13.8. The smallest absolute Gasteiger partial charge is 0.335 e. The van der Waals surface area contributed by atoms with Gasteiger partial charge in [0.1, 0.15) is 0 Å². The van der Waals surface area contributed by atoms with Crippen molar-refractivity contribution in [2.24, 2.45) is 0 Å². The van der Waals surface area contributed by atoms with Gasteiger partial charge in [0.25, 0.3) is 0 Å². The van der Waals surface area contributed by atoms with Gasteiger partial charge in [-0.3, -0.25) is 0 Å². The minimum atomic E-state index is -0.886. The Balaban J connectivity index is 1.76. The van der Waals surface area contributed by atoms with E-state index in [2.05, 4.69) is 48.3 Å². The molecule has 0 saturated heterocycles. The van der Waals surface area contributed by atoms with Crippen molar-refractivity contribution in [2.45, 2.75) is 45.1 Å². The van der Waals surface area contributed by atoms with Crippen LogP contribution in [0.25, 0.3) is 0 Å². The number of aryl methyl sites for hydroxylation is 1. The summed E-state index contributed by atoms with van der Waals surface area (Å²) in [6.45, 7) is 5.19. The summed E-state index contributed by atoms with van der Waals surface area (Å²) < 4.78 is 0. The van der Waals surface area contributed by atoms with Gasteiger partial charge in [0, 0.05) is 16.7 Å². The van der Waals surface area contributed by atoms with E-state index in [1.54, 1.807) is 12.1 Å². The minimum Gasteiger partial charge on any atom is -0.478 e. The second-order valence-corrected chi connectivity index (χ2v) is 6.87. The number of hydrogen-bond acceptors (Lipinski definition) is 2. The number of hydrogen-bond donors (Lipinski definition) is 2. The summed E-state index contributed by atoms with van der Waals surface area (Å²) in [5.74, 6) is 5.45. The lowest BCUT2D eigenvalue weighted by molar-refractivity contribution is 0.0695. The van der Waals surface area contributed by atoms with Gasteiger partial charge in [0.05, 0.1) is 5.56 Å². The topological polar surface area (TPSA) is 49.3 Å². The van der Waals surface area contributed by atoms with E-state index in [4.69, 9.17) is 0 Å². The fourth-order valence-electron chi connectivity index (χ4n) is 3.25. The van der Waals surface area contributed by atoms with Crippen LogP contribution in [0.15, 0.2) is 42.5 Å². The molecule has 1 aliphatic rings. The minimum absolute atomic E-state index is 0.185. The van der Waals surface area contributed by atoms with Crippen LogP contribution in [0.3, 0.4) is 0 Å². The maximum absolute atomic E-state index is 11.2. The van der Waals surface area contributed by atoms with Crippen molar-refractivity contribution in [1.29, 1.82) is 0 Å². The van der Waals surface area contributed by atoms with Gasteiger partial charge in [-0.05, 0) is 73.7 Å². The van der Waals surface area contributed by atoms with E-state index in [-0.39, 0.29) is 5.54 Å². The molecule has 0 unspecified atom stereocenters. The van der Waals surface area contributed by atoms with Gasteiger partial charge in [-0.25, -0.2) is 4.79 Å². The van der Waals surface area contributed by atoms with E-state index < -0.39 is 5.97 Å². The highest BCUT2D eigenvalue weighted by molar-refractivity contribution is 5.89. The second kappa shape index (κ2) is 7.76. The van der Waals surface area contributed by atoms with Crippen LogP contribution in [0.1, 0.15) is 65.7 Å². The molecule has 0 spiro atoms. The predicted molar refractivity (Wildman–Crippen MR) is 104 cm³/mol. The van der Waals surface area contributed by atoms with Crippen LogP contribution in [0.5, 0.6) is 0 Å². The molecule has 0 aliphatic heterocycles. The van der Waals surface area contributed by atoms with E-state index in [9.17, 15) is 9.90 Å². The normalized spacial score (nSPS) is 14.4. The molecule has 134 valence electrons. The SMILES string of the molecule is CCCNC1(c2ccc(C#Cc3ccc(C(=O)O)c(CC)c3)cc2)CC1. The standard InChI is InChI=1S/C23H25NO2/c1-3-15-24-23(13-14-23)20-10-7-17(8-11-20)5-6-18-9-12-21(22(25)26)19(4-2)16-18/h7-12,16,24H,3-4,13-15H2,1-2H3,(H,25,26). The zero-order valence-electron chi connectivity index (χ0n) is 15.4. The molecule has 1 aliphatic carbocycles. The maximum atomic E-state index is 11.2. The lowest BCUT2D eigenvalue weighted by Crippen LogP contribution is -2.29. The van der Waals surface area contributed by atoms with Crippen LogP contribution in [0.2, 0.25) is 0 Å². The quantitative estimate of drug-likeness (QED) is 0.765. The predicted octanol–water partition coefficient (Wildman–Crippen LogP) is 4.34. The maximum Gasteiger partial charge on any atom is 0.335 e. The Morgan fingerprint density at radius 2 is 1.73 bits per heavy atom. The third-order valence-electron chi connectivity index (χ3n) is 4.97. The summed E-state index contributed by atoms with van der Waals surface area (Å²) in [5.41, 5.74) is 4.52. The summed E-state index contributed by atoms with van der Waals surface area (Å²) in [7, 11) is 0. The molecule has 3 rings (SSSR count). The van der Waals surface area contributed by atoms with Crippen molar-refractivity contribution < 1.29 is 9.90 Å². The van der Waals surface area contributed by atoms with Crippen LogP contribution in [0.4, 0.5) is 0 Å². The van der Waals surface area contributed by atoms with E-state index in [1.807, 2.05) is 13.0 Å². The zero-order valence-corrected chi connectivity index (χ0v) is 15.4. The largest absolute Gasteiger partial charge is 0.478 e. The first kappa shape index (κ1) is 18.2. The Kier molecular flexibility index (Phi) is 5.44. The molecule has 3 heteroatoms. The molecule has 0 atom stereocenters. The fourth-order valence-corrected chi connectivity index (χ4v) is 3.25. The molecule has 0 heterocycles. The Labute approximate surface area is 155 Å². The molecular weight excluding hydrogens is 322 g/mol. The summed E-state index contributed by atoms with van der Waals surface area (Å²) in [4.78, 5) is 11.2. The van der Waals surface area contributed by atoms with E-state index >= 15 is 0 Å². The molecule has 26 heavy (non-hydrogen) atoms. The Hall–Kier alpha value is -2.57. The molecule has 2 aromatic rings. The van der Waals surface area contributed by atoms with Crippen molar-refractivity contribution in [2.75, 3.05) is 6.54 Å². The number of carbonyl (C=O) groups is 1. The molecule has 0 bridgehead atoms. The molecule has 3 nitrogen and oxygen atoms in total. The highest BCUT2D eigenvalue weighted by Gasteiger charge is 2.43. The first-order valence-corrected chi connectivity index (χ1v) is 9.32. The lowest BCUT2D eigenvalue weighted by atomic mass is 10.0. The summed E-state index contributed by atoms with van der Waals surface area (Å²) in [5, 5.41) is 12.9. The number of aromatic carboxylic acids is 1. The molecule has 2 aromatic carbocycles. The van der Waals surface area contributed by atoms with Gasteiger partial charge < -0.3 is 10.4 Å². The third kappa shape index (κ3) is 3.98. The van der Waals surface area contributed by atoms with Gasteiger partial charge in [0.2, 0.25) is 0 Å². The number of carboxylic acids is 1. The molecule has 2 N–H and O–H groups in total. The van der Waals surface area contributed by atoms with Crippen molar-refractivity contribution in [3.8, 4) is 11.8 Å². The monoisotopic (exact) mass is 347 g/mol. The first-order chi connectivity index (χ1) is 12.6. The molecule has 0 aromatic heterocycles. The van der Waals surface area contributed by atoms with Crippen LogP contribution >= 0.6 is 0 Å². The van der Waals surface area contributed by atoms with Crippen molar-refractivity contribution in [3.05, 3.63) is 70.3 Å². The fraction of sp³-hybridized carbons (Fsp3) is 0.348. The lowest BCUT2D eigenvalue weighted by Gasteiger charge is -2.17. The molecule has 1 saturated carbocycles. The highest BCUT2D eigenvalue weighted by Crippen LogP contribution is 2.45. The van der Waals surface area contributed by atoms with Gasteiger partial charge in [-0.15, -0.1) is 0 Å². The summed E-state index contributed by atoms with van der Waals surface area (Å²) >= 11 is 0. The van der Waals surface area contributed by atoms with E-state index in [1.165, 1.54) is 18.4 Å². The van der Waals surface area contributed by atoms with Crippen LogP contribution in [-0.4, -0.2) is 17.6 Å². The highest BCUT2D eigenvalue weighted by atomic mass is 16.4. The molecule has 0 radical (unpaired) electrons. The summed E-state index contributed by atoms with van der Waals surface area (Å²) in [6.07, 6.45) is 4.23. The van der Waals surface area contributed by atoms with Gasteiger partial charge in [-0.1, -0.05) is 37.8 Å². The average molecular weight is 347 g/mol. The number of carboxylic acid groups (broad SMARTS) is 1. The van der Waals surface area contributed by atoms with Crippen LogP contribution in [-0.2, 0) is 12.0 Å². The van der Waals surface area contributed by atoms with Crippen LogP contribution < -0.4 is 5.32 Å².